The van der Waals surface area contributed by atoms with Crippen LogP contribution in [0.15, 0.2) is 24.3 Å². The Morgan fingerprint density at radius 3 is 2.89 bits per heavy atom. The van der Waals surface area contributed by atoms with Crippen LogP contribution in [0.1, 0.15) is 31.9 Å². The number of para-hydroxylation sites is 1. The summed E-state index contributed by atoms with van der Waals surface area (Å²) in [5.41, 5.74) is 1.06. The molecule has 1 heterocycles. The second-order valence-electron chi connectivity index (χ2n) is 4.92. The molecule has 1 aromatic carbocycles. The molecule has 1 aromatic rings. The maximum atomic E-state index is 12.0. The van der Waals surface area contributed by atoms with Crippen LogP contribution >= 0.6 is 12.6 Å². The van der Waals surface area contributed by atoms with Gasteiger partial charge in [0, 0.05) is 12.0 Å². The summed E-state index contributed by atoms with van der Waals surface area (Å²) in [4.78, 5) is 12.0. The predicted octanol–water partition coefficient (Wildman–Crippen LogP) is 2.58. The van der Waals surface area contributed by atoms with Crippen molar-refractivity contribution in [3.63, 3.8) is 0 Å². The minimum atomic E-state index is -0.264. The Balaban J connectivity index is 2.10. The molecule has 1 N–H and O–H groups in total. The molecule has 2 rings (SSSR count). The summed E-state index contributed by atoms with van der Waals surface area (Å²) >= 11 is 4.35. The second kappa shape index (κ2) is 5.65. The van der Waals surface area contributed by atoms with E-state index >= 15 is 0 Å². The summed E-state index contributed by atoms with van der Waals surface area (Å²) in [6.07, 6.45) is 0.807. The van der Waals surface area contributed by atoms with Crippen molar-refractivity contribution in [1.29, 1.82) is 0 Å². The number of ether oxygens (including phenoxy) is 1. The molecule has 0 saturated carbocycles. The number of fused-ring (bicyclic) bond motifs is 1. The molecular formula is C14H19NO2S. The van der Waals surface area contributed by atoms with Crippen LogP contribution in [0.4, 0.5) is 0 Å². The van der Waals surface area contributed by atoms with E-state index < -0.39 is 0 Å². The largest absolute Gasteiger partial charge is 0.493 e. The molecule has 1 amide bonds. The first-order valence-electron chi connectivity index (χ1n) is 6.29. The van der Waals surface area contributed by atoms with Gasteiger partial charge in [0.1, 0.15) is 5.75 Å². The lowest BCUT2D eigenvalue weighted by molar-refractivity contribution is -0.122. The quantitative estimate of drug-likeness (QED) is 0.824. The van der Waals surface area contributed by atoms with Crippen molar-refractivity contribution in [1.82, 2.24) is 5.32 Å². The molecule has 3 nitrogen and oxygen atoms in total. The van der Waals surface area contributed by atoms with E-state index in [-0.39, 0.29) is 23.1 Å². The average Bonchev–Trinajstić information content (AvgIpc) is 2.38. The molecule has 0 aliphatic carbocycles. The molecule has 4 heteroatoms. The van der Waals surface area contributed by atoms with Crippen molar-refractivity contribution in [2.24, 2.45) is 5.92 Å². The minimum Gasteiger partial charge on any atom is -0.493 e. The lowest BCUT2D eigenvalue weighted by atomic mass is 10.00. The first kappa shape index (κ1) is 13.3. The first-order valence-corrected chi connectivity index (χ1v) is 6.81. The van der Waals surface area contributed by atoms with Gasteiger partial charge in [0.2, 0.25) is 5.91 Å². The fourth-order valence-electron chi connectivity index (χ4n) is 2.05. The zero-order chi connectivity index (χ0) is 13.1. The second-order valence-corrected chi connectivity index (χ2v) is 5.48. The number of carbonyl (C=O) groups is 1. The topological polar surface area (TPSA) is 38.3 Å². The number of nitrogens with one attached hydrogen (secondary N) is 1. The van der Waals surface area contributed by atoms with Gasteiger partial charge in [-0.3, -0.25) is 4.79 Å². The van der Waals surface area contributed by atoms with Gasteiger partial charge in [0.05, 0.1) is 17.9 Å². The van der Waals surface area contributed by atoms with Crippen molar-refractivity contribution in [2.75, 3.05) is 6.61 Å². The third kappa shape index (κ3) is 2.80. The predicted molar refractivity (Wildman–Crippen MR) is 75.0 cm³/mol. The Bertz CT molecular complexity index is 434. The van der Waals surface area contributed by atoms with Crippen LogP contribution in [0.2, 0.25) is 0 Å². The molecule has 18 heavy (non-hydrogen) atoms. The summed E-state index contributed by atoms with van der Waals surface area (Å²) in [5.74, 6) is 1.09. The number of thiol groups is 1. The monoisotopic (exact) mass is 265 g/mol. The first-order chi connectivity index (χ1) is 8.59. The Morgan fingerprint density at radius 1 is 1.44 bits per heavy atom. The van der Waals surface area contributed by atoms with Gasteiger partial charge in [-0.25, -0.2) is 0 Å². The Morgan fingerprint density at radius 2 is 2.17 bits per heavy atom. The van der Waals surface area contributed by atoms with E-state index in [4.69, 9.17) is 4.74 Å². The van der Waals surface area contributed by atoms with Crippen molar-refractivity contribution in [3.8, 4) is 5.75 Å². The Labute approximate surface area is 113 Å². The molecule has 2 unspecified atom stereocenters. The number of carbonyl (C=O) groups excluding carboxylic acids is 1. The Kier molecular flexibility index (Phi) is 4.17. The molecule has 0 spiro atoms. The van der Waals surface area contributed by atoms with E-state index in [1.54, 1.807) is 0 Å². The summed E-state index contributed by atoms with van der Waals surface area (Å²) in [6, 6.07) is 7.89. The average molecular weight is 265 g/mol. The molecule has 0 fully saturated rings. The molecule has 0 saturated heterocycles. The number of hydrogen-bond acceptors (Lipinski definition) is 3. The van der Waals surface area contributed by atoms with Crippen LogP contribution in [-0.4, -0.2) is 17.8 Å². The van der Waals surface area contributed by atoms with E-state index in [2.05, 4.69) is 17.9 Å². The number of amides is 1. The maximum absolute atomic E-state index is 12.0. The van der Waals surface area contributed by atoms with Crippen LogP contribution in [0.5, 0.6) is 5.75 Å². The normalized spacial score (nSPS) is 19.9. The van der Waals surface area contributed by atoms with Crippen molar-refractivity contribution < 1.29 is 9.53 Å². The van der Waals surface area contributed by atoms with Crippen LogP contribution in [0, 0.1) is 5.92 Å². The highest BCUT2D eigenvalue weighted by Crippen LogP contribution is 2.31. The highest BCUT2D eigenvalue weighted by Gasteiger charge is 2.25. The third-order valence-corrected chi connectivity index (χ3v) is 4.01. The standard InChI is InChI=1S/C14H19NO2S/c1-9(2)13(18)14(16)15-11-7-8-17-12-6-4-3-5-10(11)12/h3-6,9,11,13,18H,7-8H2,1-2H3,(H,15,16). The molecule has 0 bridgehead atoms. The smallest absolute Gasteiger partial charge is 0.233 e. The summed E-state index contributed by atoms with van der Waals surface area (Å²) in [5, 5.41) is 2.80. The van der Waals surface area contributed by atoms with Crippen LogP contribution in [0.3, 0.4) is 0 Å². The minimum absolute atomic E-state index is 0.00460. The van der Waals surface area contributed by atoms with Gasteiger partial charge < -0.3 is 10.1 Å². The zero-order valence-corrected chi connectivity index (χ0v) is 11.6. The van der Waals surface area contributed by atoms with E-state index in [0.29, 0.717) is 6.61 Å². The number of hydrogen-bond donors (Lipinski definition) is 2. The molecule has 1 aliphatic rings. The fourth-order valence-corrected chi connectivity index (χ4v) is 2.13. The third-order valence-electron chi connectivity index (χ3n) is 3.18. The zero-order valence-electron chi connectivity index (χ0n) is 10.7. The molecule has 1 aliphatic heterocycles. The van der Waals surface area contributed by atoms with Gasteiger partial charge in [0.15, 0.2) is 0 Å². The molecule has 98 valence electrons. The molecule has 0 radical (unpaired) electrons. The molecule has 0 aromatic heterocycles. The van der Waals surface area contributed by atoms with Crippen molar-refractivity contribution >= 4 is 18.5 Å². The van der Waals surface area contributed by atoms with E-state index in [0.717, 1.165) is 17.7 Å². The SMILES string of the molecule is CC(C)C(S)C(=O)NC1CCOc2ccccc21. The molecule has 2 atom stereocenters. The Hall–Kier alpha value is -1.16. The summed E-state index contributed by atoms with van der Waals surface area (Å²) < 4.78 is 5.57. The van der Waals surface area contributed by atoms with Gasteiger partial charge >= 0.3 is 0 Å². The van der Waals surface area contributed by atoms with Crippen molar-refractivity contribution in [2.45, 2.75) is 31.6 Å². The highest BCUT2D eigenvalue weighted by molar-refractivity contribution is 7.81. The van der Waals surface area contributed by atoms with Crippen LogP contribution < -0.4 is 10.1 Å². The van der Waals surface area contributed by atoms with Gasteiger partial charge in [-0.15, -0.1) is 0 Å². The van der Waals surface area contributed by atoms with Crippen LogP contribution in [-0.2, 0) is 4.79 Å². The van der Waals surface area contributed by atoms with Gasteiger partial charge in [-0.2, -0.15) is 12.6 Å². The van der Waals surface area contributed by atoms with Gasteiger partial charge in [-0.05, 0) is 12.0 Å². The summed E-state index contributed by atoms with van der Waals surface area (Å²) in [6.45, 7) is 4.63. The fraction of sp³-hybridized carbons (Fsp3) is 0.500. The number of benzene rings is 1. The van der Waals surface area contributed by atoms with Crippen LogP contribution in [0.25, 0.3) is 0 Å². The van der Waals surface area contributed by atoms with Gasteiger partial charge in [-0.1, -0.05) is 32.0 Å². The van der Waals surface area contributed by atoms with E-state index in [1.807, 2.05) is 38.1 Å². The lowest BCUT2D eigenvalue weighted by Gasteiger charge is -2.28. The van der Waals surface area contributed by atoms with E-state index in [1.165, 1.54) is 0 Å². The van der Waals surface area contributed by atoms with Gasteiger partial charge in [0.25, 0.3) is 0 Å². The number of rotatable bonds is 3. The van der Waals surface area contributed by atoms with Crippen molar-refractivity contribution in [3.05, 3.63) is 29.8 Å². The summed E-state index contributed by atoms with van der Waals surface area (Å²) in [7, 11) is 0. The molecular weight excluding hydrogens is 246 g/mol. The highest BCUT2D eigenvalue weighted by atomic mass is 32.1. The maximum Gasteiger partial charge on any atom is 0.233 e. The van der Waals surface area contributed by atoms with E-state index in [9.17, 15) is 4.79 Å². The lowest BCUT2D eigenvalue weighted by Crippen LogP contribution is -2.38.